The molecule has 0 bridgehead atoms. The first-order valence-electron chi connectivity index (χ1n) is 5.71. The molecule has 0 saturated carbocycles. The molecule has 0 aromatic heterocycles. The standard InChI is InChI=1S/C15H10O6.W/c16-9-2-3-10(12(18)7-9)15(21)14(20)6-8-1-4-11(17)13(19)5-8;/h1-2,4-5,7,17-21H;/q-2;+2/b15-10-;. The number of hydrogen-bond acceptors (Lipinski definition) is 6. The summed E-state index contributed by atoms with van der Waals surface area (Å²) in [5, 5.41) is 47.5. The van der Waals surface area contributed by atoms with Crippen LogP contribution in [0, 0.1) is 12.2 Å². The van der Waals surface area contributed by atoms with Crippen molar-refractivity contribution >= 4 is 5.78 Å². The van der Waals surface area contributed by atoms with Crippen molar-refractivity contribution < 1.29 is 51.4 Å². The Balaban J connectivity index is 0.00000242. The van der Waals surface area contributed by atoms with E-state index in [1.165, 1.54) is 12.1 Å². The van der Waals surface area contributed by atoms with Crippen LogP contribution in [0.25, 0.3) is 0 Å². The zero-order chi connectivity index (χ0) is 15.6. The Morgan fingerprint density at radius 1 is 1.09 bits per heavy atom. The molecule has 0 atom stereocenters. The second-order valence-corrected chi connectivity index (χ2v) is 4.12. The zero-order valence-corrected chi connectivity index (χ0v) is 13.9. The summed E-state index contributed by atoms with van der Waals surface area (Å²) in [4.78, 5) is 11.0. The summed E-state index contributed by atoms with van der Waals surface area (Å²) in [5.74, 6) is -3.27. The van der Waals surface area contributed by atoms with Gasteiger partial charge in [0.1, 0.15) is 11.5 Å². The van der Waals surface area contributed by atoms with E-state index in [1.807, 2.05) is 0 Å². The second-order valence-electron chi connectivity index (χ2n) is 4.12. The molecule has 7 heteroatoms. The fourth-order valence-corrected chi connectivity index (χ4v) is 1.57. The molecule has 2 rings (SSSR count). The Labute approximate surface area is 139 Å². The van der Waals surface area contributed by atoms with Crippen molar-refractivity contribution in [3.8, 4) is 11.5 Å². The number of benzene rings is 1. The van der Waals surface area contributed by atoms with Crippen LogP contribution in [0.4, 0.5) is 0 Å². The SMILES string of the molecule is O=C1C=[C-]/C(=C(/O)C(O)=[C-]c2ccc(O)c(O)c2)C(O)=C1.[W+2]. The normalized spacial score (nSPS) is 16.8. The van der Waals surface area contributed by atoms with Crippen molar-refractivity contribution in [3.05, 3.63) is 70.9 Å². The number of allylic oxidation sites excluding steroid dienone is 3. The van der Waals surface area contributed by atoms with Crippen molar-refractivity contribution in [1.82, 2.24) is 0 Å². The number of carbonyl (C=O) groups is 1. The monoisotopic (exact) mass is 470 g/mol. The molecule has 0 saturated heterocycles. The molecule has 6 nitrogen and oxygen atoms in total. The average molecular weight is 470 g/mol. The smallest absolute Gasteiger partial charge is 0.551 e. The number of phenolic OH excluding ortho intramolecular Hbond substituents is 2. The van der Waals surface area contributed by atoms with Crippen molar-refractivity contribution in [3.63, 3.8) is 0 Å². The van der Waals surface area contributed by atoms with E-state index < -0.39 is 28.8 Å². The number of ketones is 1. The van der Waals surface area contributed by atoms with Crippen molar-refractivity contribution in [1.29, 1.82) is 0 Å². The van der Waals surface area contributed by atoms with Crippen molar-refractivity contribution in [2.24, 2.45) is 0 Å². The number of carbonyl (C=O) groups excluding carboxylic acids is 1. The number of hydrogen-bond donors (Lipinski definition) is 5. The van der Waals surface area contributed by atoms with Gasteiger partial charge in [-0.05, 0) is 0 Å². The van der Waals surface area contributed by atoms with E-state index in [9.17, 15) is 25.2 Å². The van der Waals surface area contributed by atoms with Crippen LogP contribution in [0.5, 0.6) is 11.5 Å². The van der Waals surface area contributed by atoms with Gasteiger partial charge in [-0.15, -0.1) is 17.7 Å². The number of aliphatic hydroxyl groups is 3. The minimum atomic E-state index is -0.736. The summed E-state index contributed by atoms with van der Waals surface area (Å²) >= 11 is 0. The summed E-state index contributed by atoms with van der Waals surface area (Å²) in [6.07, 6.45) is 6.54. The predicted molar refractivity (Wildman–Crippen MR) is 71.4 cm³/mol. The van der Waals surface area contributed by atoms with E-state index >= 15 is 0 Å². The fourth-order valence-electron chi connectivity index (χ4n) is 1.57. The second kappa shape index (κ2) is 7.00. The predicted octanol–water partition coefficient (Wildman–Crippen LogP) is 1.88. The summed E-state index contributed by atoms with van der Waals surface area (Å²) < 4.78 is 0. The van der Waals surface area contributed by atoms with Gasteiger partial charge in [0.25, 0.3) is 0 Å². The van der Waals surface area contributed by atoms with Gasteiger partial charge in [-0.25, -0.2) is 0 Å². The minimum Gasteiger partial charge on any atom is -0.551 e. The van der Waals surface area contributed by atoms with Gasteiger partial charge in [0, 0.05) is 5.76 Å². The molecule has 0 fully saturated rings. The van der Waals surface area contributed by atoms with Crippen LogP contribution < -0.4 is 0 Å². The van der Waals surface area contributed by atoms with E-state index in [2.05, 4.69) is 12.2 Å². The Kier molecular flexibility index (Phi) is 5.60. The minimum absolute atomic E-state index is 0. The van der Waals surface area contributed by atoms with Gasteiger partial charge in [-0.1, -0.05) is 35.9 Å². The van der Waals surface area contributed by atoms with E-state index in [0.717, 1.165) is 18.2 Å². The molecular weight excluding hydrogens is 460 g/mol. The van der Waals surface area contributed by atoms with Gasteiger partial charge < -0.3 is 30.3 Å². The first-order chi connectivity index (χ1) is 9.88. The maximum atomic E-state index is 11.0. The molecule has 0 radical (unpaired) electrons. The molecule has 0 amide bonds. The van der Waals surface area contributed by atoms with Gasteiger partial charge in [0.05, 0.1) is 17.3 Å². The van der Waals surface area contributed by atoms with E-state index in [-0.39, 0.29) is 38.0 Å². The van der Waals surface area contributed by atoms with E-state index in [1.54, 1.807) is 0 Å². The zero-order valence-electron chi connectivity index (χ0n) is 10.9. The Morgan fingerprint density at radius 3 is 2.36 bits per heavy atom. The largest absolute Gasteiger partial charge is 2.00 e. The first-order valence-corrected chi connectivity index (χ1v) is 5.71. The third kappa shape index (κ3) is 3.80. The third-order valence-electron chi connectivity index (χ3n) is 2.59. The average Bonchev–Trinajstić information content (AvgIpc) is 2.42. The molecule has 5 N–H and O–H groups in total. The molecule has 22 heavy (non-hydrogen) atoms. The fraction of sp³-hybridized carbons (Fsp3) is 0. The molecule has 112 valence electrons. The summed E-state index contributed by atoms with van der Waals surface area (Å²) in [6.45, 7) is 0. The molecule has 1 aliphatic rings. The Bertz CT molecular complexity index is 728. The van der Waals surface area contributed by atoms with Gasteiger partial charge in [-0.3, -0.25) is 0 Å². The van der Waals surface area contributed by atoms with Gasteiger partial charge in [0.15, 0.2) is 0 Å². The molecule has 0 heterocycles. The Hall–Kier alpha value is -2.46. The van der Waals surface area contributed by atoms with E-state index in [0.29, 0.717) is 0 Å². The summed E-state index contributed by atoms with van der Waals surface area (Å²) in [5.41, 5.74) is -0.0862. The van der Waals surface area contributed by atoms with Gasteiger partial charge in [-0.2, -0.15) is 0 Å². The van der Waals surface area contributed by atoms with Crippen LogP contribution in [0.3, 0.4) is 0 Å². The Morgan fingerprint density at radius 2 is 1.77 bits per heavy atom. The topological polar surface area (TPSA) is 118 Å². The molecule has 1 aliphatic carbocycles. The van der Waals surface area contributed by atoms with Crippen LogP contribution in [0.2, 0.25) is 0 Å². The first kappa shape index (κ1) is 17.6. The van der Waals surface area contributed by atoms with Crippen molar-refractivity contribution in [2.75, 3.05) is 0 Å². The molecular formula is C15H10O6W. The summed E-state index contributed by atoms with van der Waals surface area (Å²) in [6, 6.07) is 3.63. The third-order valence-corrected chi connectivity index (χ3v) is 2.59. The number of aromatic hydroxyl groups is 2. The maximum absolute atomic E-state index is 11.0. The molecule has 0 unspecified atom stereocenters. The number of rotatable bonds is 2. The number of phenols is 2. The molecule has 1 aromatic rings. The van der Waals surface area contributed by atoms with Crippen LogP contribution in [0.15, 0.2) is 53.2 Å². The van der Waals surface area contributed by atoms with E-state index in [4.69, 9.17) is 5.11 Å². The van der Waals surface area contributed by atoms with Crippen LogP contribution in [0.1, 0.15) is 5.56 Å². The summed E-state index contributed by atoms with van der Waals surface area (Å²) in [7, 11) is 0. The van der Waals surface area contributed by atoms with Crippen LogP contribution in [-0.2, 0) is 25.9 Å². The van der Waals surface area contributed by atoms with Crippen molar-refractivity contribution in [2.45, 2.75) is 0 Å². The van der Waals surface area contributed by atoms with Crippen LogP contribution >= 0.6 is 0 Å². The molecule has 0 spiro atoms. The van der Waals surface area contributed by atoms with Crippen LogP contribution in [-0.4, -0.2) is 31.3 Å². The number of aliphatic hydroxyl groups excluding tert-OH is 3. The molecule has 1 aromatic carbocycles. The maximum Gasteiger partial charge on any atom is 2.00 e. The van der Waals surface area contributed by atoms with Gasteiger partial charge in [0.2, 0.25) is 0 Å². The molecule has 0 aliphatic heterocycles. The quantitative estimate of drug-likeness (QED) is 0.256. The van der Waals surface area contributed by atoms with Gasteiger partial charge >= 0.3 is 21.1 Å².